The fourth-order valence-corrected chi connectivity index (χ4v) is 2.62. The van der Waals surface area contributed by atoms with E-state index in [-0.39, 0.29) is 5.41 Å². The molecule has 0 aliphatic rings. The van der Waals surface area contributed by atoms with Crippen LogP contribution in [0, 0.1) is 0 Å². The van der Waals surface area contributed by atoms with Crippen molar-refractivity contribution in [2.75, 3.05) is 0 Å². The molecule has 19 heavy (non-hydrogen) atoms. The lowest BCUT2D eigenvalue weighted by molar-refractivity contribution is 0.448. The summed E-state index contributed by atoms with van der Waals surface area (Å²) in [6.45, 7) is 8.76. The van der Waals surface area contributed by atoms with Gasteiger partial charge < -0.3 is 4.42 Å². The van der Waals surface area contributed by atoms with Crippen LogP contribution in [-0.2, 0) is 18.4 Å². The van der Waals surface area contributed by atoms with Gasteiger partial charge in [0, 0.05) is 17.2 Å². The second-order valence-corrected chi connectivity index (χ2v) is 6.49. The van der Waals surface area contributed by atoms with Gasteiger partial charge in [-0.25, -0.2) is 9.78 Å². The van der Waals surface area contributed by atoms with Gasteiger partial charge in [-0.05, 0) is 6.42 Å². The highest BCUT2D eigenvalue weighted by atomic mass is 32.1. The third-order valence-electron chi connectivity index (χ3n) is 2.72. The lowest BCUT2D eigenvalue weighted by Crippen LogP contribution is -2.17. The van der Waals surface area contributed by atoms with Crippen LogP contribution >= 0.6 is 11.3 Å². The topological polar surface area (TPSA) is 60.9 Å². The van der Waals surface area contributed by atoms with Crippen LogP contribution < -0.4 is 5.76 Å². The zero-order chi connectivity index (χ0) is 14.0. The minimum Gasteiger partial charge on any atom is -0.392 e. The van der Waals surface area contributed by atoms with Gasteiger partial charge in [0.2, 0.25) is 5.89 Å². The Bertz CT molecular complexity index is 604. The first-order valence-electron chi connectivity index (χ1n) is 6.42. The van der Waals surface area contributed by atoms with Crippen LogP contribution in [0.5, 0.6) is 0 Å². The molecule has 104 valence electrons. The van der Waals surface area contributed by atoms with Crippen molar-refractivity contribution in [3.63, 3.8) is 0 Å². The average molecular weight is 281 g/mol. The minimum atomic E-state index is -0.407. The van der Waals surface area contributed by atoms with Gasteiger partial charge in [-0.3, -0.25) is 0 Å². The number of hydrogen-bond donors (Lipinski definition) is 0. The summed E-state index contributed by atoms with van der Waals surface area (Å²) in [5, 5.41) is 7.08. The van der Waals surface area contributed by atoms with Gasteiger partial charge in [-0.2, -0.15) is 4.68 Å². The Hall–Kier alpha value is -1.43. The SMILES string of the molecule is CCCc1nn(Cc2nc(C(C)(C)C)cs2)c(=O)o1. The first-order valence-corrected chi connectivity index (χ1v) is 7.30. The van der Waals surface area contributed by atoms with E-state index in [9.17, 15) is 4.79 Å². The molecule has 0 fully saturated rings. The van der Waals surface area contributed by atoms with E-state index in [0.717, 1.165) is 17.1 Å². The molecule has 0 saturated carbocycles. The van der Waals surface area contributed by atoms with Crippen LogP contribution in [0.15, 0.2) is 14.6 Å². The van der Waals surface area contributed by atoms with Crippen molar-refractivity contribution in [1.82, 2.24) is 14.8 Å². The largest absolute Gasteiger partial charge is 0.437 e. The smallest absolute Gasteiger partial charge is 0.392 e. The molecule has 5 nitrogen and oxygen atoms in total. The number of hydrogen-bond acceptors (Lipinski definition) is 5. The van der Waals surface area contributed by atoms with Crippen molar-refractivity contribution < 1.29 is 4.42 Å². The van der Waals surface area contributed by atoms with E-state index in [1.54, 1.807) is 11.3 Å². The molecule has 0 amide bonds. The predicted molar refractivity (Wildman–Crippen MR) is 74.7 cm³/mol. The van der Waals surface area contributed by atoms with Gasteiger partial charge in [-0.15, -0.1) is 16.4 Å². The van der Waals surface area contributed by atoms with E-state index < -0.39 is 5.76 Å². The molecule has 0 radical (unpaired) electrons. The molecule has 0 saturated heterocycles. The van der Waals surface area contributed by atoms with Crippen molar-refractivity contribution in [3.8, 4) is 0 Å². The molecule has 0 unspecified atom stereocenters. The van der Waals surface area contributed by atoms with Gasteiger partial charge in [0.15, 0.2) is 0 Å². The number of rotatable bonds is 4. The Kier molecular flexibility index (Phi) is 3.89. The molecule has 0 aromatic carbocycles. The molecule has 0 atom stereocenters. The van der Waals surface area contributed by atoms with Crippen molar-refractivity contribution in [2.45, 2.75) is 52.5 Å². The average Bonchev–Trinajstić information content (AvgIpc) is 2.87. The maximum Gasteiger partial charge on any atom is 0.437 e. The van der Waals surface area contributed by atoms with E-state index in [1.807, 2.05) is 12.3 Å². The predicted octanol–water partition coefficient (Wildman–Crippen LogP) is 2.59. The van der Waals surface area contributed by atoms with Gasteiger partial charge >= 0.3 is 5.76 Å². The Morgan fingerprint density at radius 2 is 2.16 bits per heavy atom. The molecule has 6 heteroatoms. The summed E-state index contributed by atoms with van der Waals surface area (Å²) in [6, 6.07) is 0. The van der Waals surface area contributed by atoms with E-state index in [4.69, 9.17) is 4.42 Å². The fraction of sp³-hybridized carbons (Fsp3) is 0.615. The van der Waals surface area contributed by atoms with Crippen LogP contribution in [0.2, 0.25) is 0 Å². The van der Waals surface area contributed by atoms with E-state index >= 15 is 0 Å². The number of nitrogens with zero attached hydrogens (tertiary/aromatic N) is 3. The summed E-state index contributed by atoms with van der Waals surface area (Å²) < 4.78 is 6.42. The van der Waals surface area contributed by atoms with Gasteiger partial charge in [0.1, 0.15) is 11.6 Å². The Morgan fingerprint density at radius 1 is 1.42 bits per heavy atom. The number of thiazole rings is 1. The summed E-state index contributed by atoms with van der Waals surface area (Å²) in [7, 11) is 0. The lowest BCUT2D eigenvalue weighted by atomic mass is 9.93. The standard InChI is InChI=1S/C13H19N3O2S/c1-5-6-10-15-16(12(17)18-10)7-11-14-9(8-19-11)13(2,3)4/h8H,5-7H2,1-4H3. The molecule has 2 aromatic rings. The molecule has 2 rings (SSSR count). The molecule has 0 bridgehead atoms. The number of aryl methyl sites for hydroxylation is 1. The van der Waals surface area contributed by atoms with E-state index in [2.05, 4.69) is 30.9 Å². The Labute approximate surface area is 116 Å². The van der Waals surface area contributed by atoms with Gasteiger partial charge in [0.05, 0.1) is 5.69 Å². The lowest BCUT2D eigenvalue weighted by Gasteiger charge is -2.14. The molecule has 2 aromatic heterocycles. The Balaban J connectivity index is 2.17. The highest BCUT2D eigenvalue weighted by Crippen LogP contribution is 2.23. The highest BCUT2D eigenvalue weighted by molar-refractivity contribution is 7.09. The van der Waals surface area contributed by atoms with Crippen LogP contribution in [0.1, 0.15) is 50.7 Å². The second kappa shape index (κ2) is 5.28. The van der Waals surface area contributed by atoms with Crippen molar-refractivity contribution in [1.29, 1.82) is 0 Å². The summed E-state index contributed by atoms with van der Waals surface area (Å²) in [4.78, 5) is 16.2. The van der Waals surface area contributed by atoms with Crippen LogP contribution in [0.25, 0.3) is 0 Å². The van der Waals surface area contributed by atoms with Crippen molar-refractivity contribution >= 4 is 11.3 Å². The third-order valence-corrected chi connectivity index (χ3v) is 3.55. The zero-order valence-corrected chi connectivity index (χ0v) is 12.6. The molecule has 0 aliphatic heterocycles. The zero-order valence-electron chi connectivity index (χ0n) is 11.8. The minimum absolute atomic E-state index is 0.0247. The van der Waals surface area contributed by atoms with Crippen LogP contribution in [0.3, 0.4) is 0 Å². The highest BCUT2D eigenvalue weighted by Gasteiger charge is 2.18. The summed E-state index contributed by atoms with van der Waals surface area (Å²) >= 11 is 1.55. The molecular weight excluding hydrogens is 262 g/mol. The maximum absolute atomic E-state index is 11.6. The summed E-state index contributed by atoms with van der Waals surface area (Å²) in [5.74, 6) is 0.0936. The van der Waals surface area contributed by atoms with Crippen molar-refractivity contribution in [2.24, 2.45) is 0 Å². The number of aromatic nitrogens is 3. The van der Waals surface area contributed by atoms with Crippen molar-refractivity contribution in [3.05, 3.63) is 32.5 Å². The van der Waals surface area contributed by atoms with Gasteiger partial charge in [-0.1, -0.05) is 27.7 Å². The molecule has 0 N–H and O–H groups in total. The molecular formula is C13H19N3O2S. The molecule has 2 heterocycles. The molecule has 0 spiro atoms. The molecule has 0 aliphatic carbocycles. The second-order valence-electron chi connectivity index (χ2n) is 5.55. The summed E-state index contributed by atoms with van der Waals surface area (Å²) in [6.07, 6.45) is 1.60. The first kappa shape index (κ1) is 14.0. The Morgan fingerprint density at radius 3 is 2.74 bits per heavy atom. The van der Waals surface area contributed by atoms with Crippen LogP contribution in [-0.4, -0.2) is 14.8 Å². The normalized spacial score (nSPS) is 12.0. The van der Waals surface area contributed by atoms with E-state index in [0.29, 0.717) is 18.9 Å². The van der Waals surface area contributed by atoms with Gasteiger partial charge in [0.25, 0.3) is 0 Å². The summed E-state index contributed by atoms with van der Waals surface area (Å²) in [5.41, 5.74) is 1.06. The monoisotopic (exact) mass is 281 g/mol. The van der Waals surface area contributed by atoms with Crippen LogP contribution in [0.4, 0.5) is 0 Å². The third kappa shape index (κ3) is 3.32. The van der Waals surface area contributed by atoms with E-state index in [1.165, 1.54) is 4.68 Å². The first-order chi connectivity index (χ1) is 8.90. The quantitative estimate of drug-likeness (QED) is 0.864. The maximum atomic E-state index is 11.6. The fourth-order valence-electron chi connectivity index (χ4n) is 1.62.